The van der Waals surface area contributed by atoms with Gasteiger partial charge in [0, 0.05) is 24.8 Å². The molecule has 6 heteroatoms. The second kappa shape index (κ2) is 14.6. The zero-order chi connectivity index (χ0) is 30.1. The maximum Gasteiger partial charge on any atom is 0.220 e. The lowest BCUT2D eigenvalue weighted by Gasteiger charge is -2.28. The zero-order valence-electron chi connectivity index (χ0n) is 25.1. The van der Waals surface area contributed by atoms with Gasteiger partial charge in [-0.25, -0.2) is 0 Å². The standard InChI is InChI=1S/C36H46N2O4/c1-36(2,3)38-33(41)19-18-29(21-26-14-8-5-9-15-26)31(39)22-27(20-25-12-6-4-7-13-25)23-34(42)37-35-30-17-11-10-16-28(30)24-32(35)40/h4-17,27,29,31-32,35,39-40H,18-24H2,1-3H3,(H,37,42)(H,38,41)/t27?,29?,31?,32-,35-/m0/s1. The fraction of sp³-hybridized carbons (Fsp3) is 0.444. The molecule has 0 bridgehead atoms. The van der Waals surface area contributed by atoms with Crippen LogP contribution in [0.4, 0.5) is 0 Å². The highest BCUT2D eigenvalue weighted by molar-refractivity contribution is 5.77. The summed E-state index contributed by atoms with van der Waals surface area (Å²) in [5.74, 6) is -0.405. The minimum atomic E-state index is -0.688. The van der Waals surface area contributed by atoms with E-state index in [1.54, 1.807) is 0 Å². The van der Waals surface area contributed by atoms with E-state index in [2.05, 4.69) is 22.8 Å². The van der Waals surface area contributed by atoms with E-state index in [9.17, 15) is 19.8 Å². The van der Waals surface area contributed by atoms with Crippen molar-refractivity contribution >= 4 is 11.8 Å². The van der Waals surface area contributed by atoms with E-state index >= 15 is 0 Å². The van der Waals surface area contributed by atoms with E-state index in [1.807, 2.05) is 93.6 Å². The van der Waals surface area contributed by atoms with Gasteiger partial charge < -0.3 is 20.8 Å². The molecule has 4 N–H and O–H groups in total. The van der Waals surface area contributed by atoms with Gasteiger partial charge in [-0.15, -0.1) is 0 Å². The number of fused-ring (bicyclic) bond motifs is 1. The lowest BCUT2D eigenvalue weighted by molar-refractivity contribution is -0.124. The molecule has 0 heterocycles. The van der Waals surface area contributed by atoms with Crippen LogP contribution in [0.15, 0.2) is 84.9 Å². The van der Waals surface area contributed by atoms with Crippen LogP contribution in [0.25, 0.3) is 0 Å². The summed E-state index contributed by atoms with van der Waals surface area (Å²) in [5, 5.41) is 28.4. The van der Waals surface area contributed by atoms with Crippen LogP contribution < -0.4 is 10.6 Å². The van der Waals surface area contributed by atoms with Crippen molar-refractivity contribution in [2.24, 2.45) is 11.8 Å². The Hall–Kier alpha value is -3.48. The largest absolute Gasteiger partial charge is 0.393 e. The molecule has 6 nitrogen and oxygen atoms in total. The van der Waals surface area contributed by atoms with Crippen LogP contribution in [0.3, 0.4) is 0 Å². The first kappa shape index (κ1) is 31.5. The Morgan fingerprint density at radius 3 is 2.10 bits per heavy atom. The van der Waals surface area contributed by atoms with Crippen LogP contribution in [-0.4, -0.2) is 39.8 Å². The van der Waals surface area contributed by atoms with Crippen molar-refractivity contribution in [2.75, 3.05) is 0 Å². The van der Waals surface area contributed by atoms with Gasteiger partial charge in [0.25, 0.3) is 0 Å². The number of aliphatic hydroxyl groups excluding tert-OH is 2. The topological polar surface area (TPSA) is 98.7 Å². The first-order valence-electron chi connectivity index (χ1n) is 15.2. The maximum atomic E-state index is 13.4. The summed E-state index contributed by atoms with van der Waals surface area (Å²) in [6, 6.07) is 27.5. The number of hydrogen-bond acceptors (Lipinski definition) is 4. The Bertz CT molecular complexity index is 1290. The van der Waals surface area contributed by atoms with Crippen molar-refractivity contribution in [3.8, 4) is 0 Å². The molecule has 1 aliphatic carbocycles. The van der Waals surface area contributed by atoms with Gasteiger partial charge in [-0.05, 0) is 80.5 Å². The van der Waals surface area contributed by atoms with Gasteiger partial charge in [-0.1, -0.05) is 84.9 Å². The second-order valence-corrected chi connectivity index (χ2v) is 12.9. The lowest BCUT2D eigenvalue weighted by Crippen LogP contribution is -2.41. The Morgan fingerprint density at radius 2 is 1.45 bits per heavy atom. The second-order valence-electron chi connectivity index (χ2n) is 12.9. The first-order valence-corrected chi connectivity index (χ1v) is 15.2. The molecule has 0 saturated heterocycles. The van der Waals surface area contributed by atoms with E-state index in [-0.39, 0.29) is 35.6 Å². The molecule has 4 rings (SSSR count). The predicted octanol–water partition coefficient (Wildman–Crippen LogP) is 5.31. The number of benzene rings is 3. The molecule has 42 heavy (non-hydrogen) atoms. The fourth-order valence-corrected chi connectivity index (χ4v) is 6.11. The third kappa shape index (κ3) is 9.53. The van der Waals surface area contributed by atoms with Crippen LogP contribution in [0, 0.1) is 11.8 Å². The average molecular weight is 571 g/mol. The van der Waals surface area contributed by atoms with Gasteiger partial charge in [0.2, 0.25) is 11.8 Å². The molecule has 0 aromatic heterocycles. The van der Waals surface area contributed by atoms with Crippen molar-refractivity contribution in [3.63, 3.8) is 0 Å². The molecular weight excluding hydrogens is 524 g/mol. The molecule has 0 aliphatic heterocycles. The maximum absolute atomic E-state index is 13.4. The van der Waals surface area contributed by atoms with Gasteiger partial charge in [-0.3, -0.25) is 9.59 Å². The Morgan fingerprint density at radius 1 is 0.857 bits per heavy atom. The molecule has 0 saturated carbocycles. The lowest BCUT2D eigenvalue weighted by atomic mass is 9.82. The third-order valence-electron chi connectivity index (χ3n) is 8.08. The summed E-state index contributed by atoms with van der Waals surface area (Å²) < 4.78 is 0. The van der Waals surface area contributed by atoms with E-state index in [0.717, 1.165) is 22.3 Å². The van der Waals surface area contributed by atoms with Crippen LogP contribution >= 0.6 is 0 Å². The van der Waals surface area contributed by atoms with Crippen molar-refractivity contribution in [1.29, 1.82) is 0 Å². The molecule has 0 radical (unpaired) electrons. The van der Waals surface area contributed by atoms with Crippen molar-refractivity contribution < 1.29 is 19.8 Å². The Kier molecular flexibility index (Phi) is 10.9. The summed E-state index contributed by atoms with van der Waals surface area (Å²) in [4.78, 5) is 26.0. The molecule has 0 fully saturated rings. The zero-order valence-corrected chi connectivity index (χ0v) is 25.1. The monoisotopic (exact) mass is 570 g/mol. The SMILES string of the molecule is CC(C)(C)NC(=O)CCC(Cc1ccccc1)C(O)CC(CC(=O)N[C@H]1c2ccccc2C[C@@H]1O)Cc1ccccc1. The van der Waals surface area contributed by atoms with Gasteiger partial charge in [0.1, 0.15) is 0 Å². The molecule has 3 aromatic rings. The Balaban J connectivity index is 1.47. The van der Waals surface area contributed by atoms with E-state index in [0.29, 0.717) is 38.5 Å². The van der Waals surface area contributed by atoms with Gasteiger partial charge in [0.05, 0.1) is 18.2 Å². The van der Waals surface area contributed by atoms with Crippen LogP contribution in [-0.2, 0) is 28.9 Å². The molecule has 2 amide bonds. The molecule has 0 spiro atoms. The van der Waals surface area contributed by atoms with Gasteiger partial charge >= 0.3 is 0 Å². The number of carbonyl (C=O) groups is 2. The first-order chi connectivity index (χ1) is 20.1. The number of nitrogens with one attached hydrogen (secondary N) is 2. The number of aliphatic hydroxyl groups is 2. The fourth-order valence-electron chi connectivity index (χ4n) is 6.11. The molecule has 3 unspecified atom stereocenters. The summed E-state index contributed by atoms with van der Waals surface area (Å²) in [7, 11) is 0. The van der Waals surface area contributed by atoms with E-state index < -0.39 is 18.2 Å². The van der Waals surface area contributed by atoms with Crippen LogP contribution in [0.1, 0.15) is 74.8 Å². The number of hydrogen-bond donors (Lipinski definition) is 4. The highest BCUT2D eigenvalue weighted by Crippen LogP contribution is 2.32. The smallest absolute Gasteiger partial charge is 0.220 e. The molecule has 224 valence electrons. The number of amides is 2. The average Bonchev–Trinajstić information content (AvgIpc) is 3.25. The predicted molar refractivity (Wildman–Crippen MR) is 167 cm³/mol. The van der Waals surface area contributed by atoms with Crippen molar-refractivity contribution in [2.45, 2.75) is 89.5 Å². The van der Waals surface area contributed by atoms with Crippen LogP contribution in [0.2, 0.25) is 0 Å². The van der Waals surface area contributed by atoms with E-state index in [4.69, 9.17) is 0 Å². The quantitative estimate of drug-likeness (QED) is 0.224. The van der Waals surface area contributed by atoms with Gasteiger partial charge in [0.15, 0.2) is 0 Å². The summed E-state index contributed by atoms with van der Waals surface area (Å²) in [6.45, 7) is 5.89. The molecule has 3 aromatic carbocycles. The minimum absolute atomic E-state index is 0.0247. The molecule has 5 atom stereocenters. The normalized spacial score (nSPS) is 18.5. The van der Waals surface area contributed by atoms with Crippen molar-refractivity contribution in [1.82, 2.24) is 10.6 Å². The van der Waals surface area contributed by atoms with E-state index in [1.165, 1.54) is 0 Å². The number of rotatable bonds is 13. The molecule has 1 aliphatic rings. The summed E-state index contributed by atoms with van der Waals surface area (Å²) >= 11 is 0. The highest BCUT2D eigenvalue weighted by atomic mass is 16.3. The molecular formula is C36H46N2O4. The highest BCUT2D eigenvalue weighted by Gasteiger charge is 2.33. The third-order valence-corrected chi connectivity index (χ3v) is 8.08. The van der Waals surface area contributed by atoms with Gasteiger partial charge in [-0.2, -0.15) is 0 Å². The summed E-state index contributed by atoms with van der Waals surface area (Å²) in [6.07, 6.45) is 2.03. The number of carbonyl (C=O) groups excluding carboxylic acids is 2. The van der Waals surface area contributed by atoms with Crippen LogP contribution in [0.5, 0.6) is 0 Å². The minimum Gasteiger partial charge on any atom is -0.393 e. The summed E-state index contributed by atoms with van der Waals surface area (Å²) in [5.41, 5.74) is 3.94. The van der Waals surface area contributed by atoms with Crippen molar-refractivity contribution in [3.05, 3.63) is 107 Å². The Labute approximate surface area is 250 Å².